The van der Waals surface area contributed by atoms with Crippen molar-refractivity contribution in [3.05, 3.63) is 68.8 Å². The molecule has 4 aromatic rings. The highest BCUT2D eigenvalue weighted by atomic mass is 35.5. The first-order valence-corrected chi connectivity index (χ1v) is 10.8. The molecule has 0 aliphatic heterocycles. The predicted molar refractivity (Wildman–Crippen MR) is 122 cm³/mol. The summed E-state index contributed by atoms with van der Waals surface area (Å²) in [7, 11) is 1.48. The number of ether oxygens (including phenoxy) is 1. The molecule has 0 atom stereocenters. The summed E-state index contributed by atoms with van der Waals surface area (Å²) in [6, 6.07) is 8.49. The number of rotatable bonds is 6. The minimum Gasteiger partial charge on any atom is -0.495 e. The molecular formula is C20H14Cl2FN5O3S. The van der Waals surface area contributed by atoms with Crippen LogP contribution in [0.5, 0.6) is 5.75 Å². The molecule has 0 radical (unpaired) electrons. The second kappa shape index (κ2) is 9.19. The molecule has 12 heteroatoms. The van der Waals surface area contributed by atoms with E-state index in [1.807, 2.05) is 0 Å². The van der Waals surface area contributed by atoms with Gasteiger partial charge in [0.2, 0.25) is 5.91 Å². The second-order valence-electron chi connectivity index (χ2n) is 6.45. The predicted octanol–water partition coefficient (Wildman–Crippen LogP) is 4.29. The van der Waals surface area contributed by atoms with Crippen molar-refractivity contribution in [2.75, 3.05) is 18.2 Å². The topological polar surface area (TPSA) is 102 Å². The molecule has 2 N–H and O–H groups in total. The quantitative estimate of drug-likeness (QED) is 0.306. The van der Waals surface area contributed by atoms with Crippen LogP contribution in [0.25, 0.3) is 16.7 Å². The summed E-state index contributed by atoms with van der Waals surface area (Å²) in [4.78, 5) is 30.0. The minimum absolute atomic E-state index is 0.122. The van der Waals surface area contributed by atoms with Gasteiger partial charge in [-0.1, -0.05) is 35.0 Å². The highest BCUT2D eigenvalue weighted by molar-refractivity contribution is 7.99. The van der Waals surface area contributed by atoms with Crippen molar-refractivity contribution in [3.63, 3.8) is 0 Å². The molecule has 2 aromatic carbocycles. The zero-order valence-electron chi connectivity index (χ0n) is 16.4. The van der Waals surface area contributed by atoms with Gasteiger partial charge in [-0.05, 0) is 36.4 Å². The van der Waals surface area contributed by atoms with Crippen molar-refractivity contribution in [3.8, 4) is 11.4 Å². The van der Waals surface area contributed by atoms with Crippen LogP contribution in [0.15, 0.2) is 52.5 Å². The van der Waals surface area contributed by atoms with E-state index in [-0.39, 0.29) is 38.2 Å². The second-order valence-corrected chi connectivity index (χ2v) is 8.20. The molecule has 0 fully saturated rings. The summed E-state index contributed by atoms with van der Waals surface area (Å²) in [5.74, 6) is -0.668. The summed E-state index contributed by atoms with van der Waals surface area (Å²) >= 11 is 13.2. The van der Waals surface area contributed by atoms with Gasteiger partial charge in [0, 0.05) is 0 Å². The van der Waals surface area contributed by atoms with Gasteiger partial charge in [-0.25, -0.2) is 9.37 Å². The van der Waals surface area contributed by atoms with Crippen LogP contribution in [0.4, 0.5) is 10.1 Å². The van der Waals surface area contributed by atoms with Crippen molar-refractivity contribution in [1.29, 1.82) is 0 Å². The Kier molecular flexibility index (Phi) is 6.35. The fraction of sp³-hybridized carbons (Fsp3) is 0.100. The first kappa shape index (κ1) is 22.1. The number of carbonyl (C=O) groups excluding carboxylic acids is 1. The van der Waals surface area contributed by atoms with Crippen LogP contribution in [0, 0.1) is 5.82 Å². The van der Waals surface area contributed by atoms with E-state index in [1.54, 1.807) is 18.2 Å². The van der Waals surface area contributed by atoms with Gasteiger partial charge in [0.05, 0.1) is 40.5 Å². The van der Waals surface area contributed by atoms with Crippen molar-refractivity contribution in [2.24, 2.45) is 0 Å². The van der Waals surface area contributed by atoms with Crippen LogP contribution >= 0.6 is 35.0 Å². The number of anilines is 1. The summed E-state index contributed by atoms with van der Waals surface area (Å²) < 4.78 is 19.9. The van der Waals surface area contributed by atoms with Crippen LogP contribution in [-0.2, 0) is 4.79 Å². The number of aromatic nitrogens is 4. The fourth-order valence-electron chi connectivity index (χ4n) is 2.90. The number of nitrogens with zero attached hydrogens (tertiary/aromatic N) is 3. The largest absolute Gasteiger partial charge is 0.495 e. The van der Waals surface area contributed by atoms with Crippen LogP contribution in [0.2, 0.25) is 10.0 Å². The summed E-state index contributed by atoms with van der Waals surface area (Å²) in [5, 5.41) is 10.1. The van der Waals surface area contributed by atoms with Crippen LogP contribution < -0.4 is 15.6 Å². The Balaban J connectivity index is 1.67. The zero-order valence-corrected chi connectivity index (χ0v) is 18.7. The van der Waals surface area contributed by atoms with Crippen molar-refractivity contribution in [2.45, 2.75) is 5.16 Å². The third-order valence-corrected chi connectivity index (χ3v) is 5.94. The van der Waals surface area contributed by atoms with Gasteiger partial charge in [0.25, 0.3) is 5.56 Å². The molecule has 8 nitrogen and oxygen atoms in total. The molecule has 2 aromatic heterocycles. The van der Waals surface area contributed by atoms with Gasteiger partial charge >= 0.3 is 0 Å². The number of halogens is 3. The number of hydrogen-bond acceptors (Lipinski definition) is 6. The molecule has 0 spiro atoms. The smallest absolute Gasteiger partial charge is 0.269 e. The molecule has 0 bridgehead atoms. The molecule has 0 aliphatic rings. The molecular weight excluding hydrogens is 480 g/mol. The summed E-state index contributed by atoms with van der Waals surface area (Å²) in [6.07, 6.45) is 1.37. The minimum atomic E-state index is -0.533. The van der Waals surface area contributed by atoms with E-state index in [4.69, 9.17) is 27.9 Å². The Labute approximate surface area is 194 Å². The maximum Gasteiger partial charge on any atom is 0.269 e. The molecule has 0 aliphatic carbocycles. The first-order valence-electron chi connectivity index (χ1n) is 9.05. The van der Waals surface area contributed by atoms with Gasteiger partial charge < -0.3 is 10.1 Å². The van der Waals surface area contributed by atoms with E-state index in [9.17, 15) is 14.0 Å². The number of thioether (sulfide) groups is 1. The maximum atomic E-state index is 13.4. The number of fused-ring (bicyclic) bond motifs is 1. The third kappa shape index (κ3) is 4.43. The van der Waals surface area contributed by atoms with Gasteiger partial charge in [0.15, 0.2) is 10.8 Å². The van der Waals surface area contributed by atoms with Crippen LogP contribution in [-0.4, -0.2) is 38.5 Å². The lowest BCUT2D eigenvalue weighted by Crippen LogP contribution is -2.22. The van der Waals surface area contributed by atoms with Crippen molar-refractivity contribution < 1.29 is 13.9 Å². The Hall–Kier alpha value is -3.08. The Morgan fingerprint density at radius 1 is 1.25 bits per heavy atom. The van der Waals surface area contributed by atoms with E-state index in [2.05, 4.69) is 20.5 Å². The van der Waals surface area contributed by atoms with Crippen molar-refractivity contribution >= 4 is 57.6 Å². The number of methoxy groups -OCH3 is 1. The number of H-pyrrole nitrogens is 1. The summed E-state index contributed by atoms with van der Waals surface area (Å²) in [5.41, 5.74) is 0.476. The summed E-state index contributed by atoms with van der Waals surface area (Å²) in [6.45, 7) is 0. The molecule has 1 amide bonds. The van der Waals surface area contributed by atoms with E-state index in [0.29, 0.717) is 16.5 Å². The van der Waals surface area contributed by atoms with Crippen molar-refractivity contribution in [1.82, 2.24) is 19.7 Å². The SMILES string of the molecule is COc1ccc(-n2c(SCC(=O)Nc3cc(F)ccc3Cl)nc3[nH]ncc3c2=O)cc1Cl. The molecule has 164 valence electrons. The molecule has 32 heavy (non-hydrogen) atoms. The van der Waals surface area contributed by atoms with Crippen LogP contribution in [0.1, 0.15) is 0 Å². The zero-order chi connectivity index (χ0) is 22.8. The van der Waals surface area contributed by atoms with Gasteiger partial charge in [-0.15, -0.1) is 0 Å². The van der Waals surface area contributed by atoms with E-state index in [1.165, 1.54) is 30.0 Å². The standard InChI is InChI=1S/C20H14Cl2FN5O3S/c1-31-16-5-3-11(7-14(16)22)28-19(30)12-8-24-27-18(12)26-20(28)32-9-17(29)25-15-6-10(23)2-4-13(15)21/h2-8H,9H2,1H3,(H,24,27)(H,25,29). The lowest BCUT2D eigenvalue weighted by Gasteiger charge is -2.13. The lowest BCUT2D eigenvalue weighted by atomic mass is 10.3. The number of amides is 1. The maximum absolute atomic E-state index is 13.4. The van der Waals surface area contributed by atoms with E-state index < -0.39 is 11.7 Å². The number of aromatic amines is 1. The van der Waals surface area contributed by atoms with Gasteiger partial charge in [-0.3, -0.25) is 19.3 Å². The number of hydrogen-bond donors (Lipinski definition) is 2. The third-order valence-electron chi connectivity index (χ3n) is 4.38. The van der Waals surface area contributed by atoms with Gasteiger partial charge in [0.1, 0.15) is 17.0 Å². The Bertz CT molecular complexity index is 1390. The monoisotopic (exact) mass is 493 g/mol. The fourth-order valence-corrected chi connectivity index (χ4v) is 4.12. The van der Waals surface area contributed by atoms with Crippen LogP contribution in [0.3, 0.4) is 0 Å². The highest BCUT2D eigenvalue weighted by Gasteiger charge is 2.17. The van der Waals surface area contributed by atoms with Gasteiger partial charge in [-0.2, -0.15) is 5.10 Å². The number of benzene rings is 2. The molecule has 0 saturated carbocycles. The Morgan fingerprint density at radius 2 is 2.06 bits per heavy atom. The first-order chi connectivity index (χ1) is 15.4. The molecule has 4 rings (SSSR count). The highest BCUT2D eigenvalue weighted by Crippen LogP contribution is 2.29. The van der Waals surface area contributed by atoms with E-state index >= 15 is 0 Å². The van der Waals surface area contributed by atoms with E-state index in [0.717, 1.165) is 17.8 Å². The number of nitrogens with one attached hydrogen (secondary N) is 2. The average Bonchev–Trinajstić information content (AvgIpc) is 3.24. The molecule has 0 saturated heterocycles. The Morgan fingerprint density at radius 3 is 2.81 bits per heavy atom. The normalized spacial score (nSPS) is 11.0. The lowest BCUT2D eigenvalue weighted by molar-refractivity contribution is -0.113. The number of carbonyl (C=O) groups is 1. The molecule has 2 heterocycles. The average molecular weight is 494 g/mol. The molecule has 0 unspecified atom stereocenters.